The van der Waals surface area contributed by atoms with Crippen LogP contribution in [0.1, 0.15) is 55.6 Å². The molecule has 0 unspecified atom stereocenters. The second-order valence-corrected chi connectivity index (χ2v) is 6.67. The molecule has 1 aromatic carbocycles. The van der Waals surface area contributed by atoms with Gasteiger partial charge in [0.15, 0.2) is 0 Å². The van der Waals surface area contributed by atoms with E-state index < -0.39 is 5.97 Å². The average Bonchev–Trinajstić information content (AvgIpc) is 3.32. The molecule has 1 N–H and O–H groups in total. The zero-order valence-corrected chi connectivity index (χ0v) is 12.6. The fourth-order valence-electron chi connectivity index (χ4n) is 3.33. The number of carboxylic acid groups (broad SMARTS) is 1. The number of piperidine rings is 1. The molecule has 3 heteroatoms. The first kappa shape index (κ1) is 14.6. The fourth-order valence-corrected chi connectivity index (χ4v) is 3.33. The third-order valence-electron chi connectivity index (χ3n) is 4.91. The van der Waals surface area contributed by atoms with Crippen LogP contribution in [0.5, 0.6) is 0 Å². The van der Waals surface area contributed by atoms with Crippen molar-refractivity contribution in [2.24, 2.45) is 5.92 Å². The lowest BCUT2D eigenvalue weighted by molar-refractivity contribution is -0.137. The summed E-state index contributed by atoms with van der Waals surface area (Å²) in [5, 5.41) is 8.75. The second-order valence-electron chi connectivity index (χ2n) is 6.67. The zero-order chi connectivity index (χ0) is 14.7. The van der Waals surface area contributed by atoms with Gasteiger partial charge in [0.25, 0.3) is 0 Å². The van der Waals surface area contributed by atoms with Crippen molar-refractivity contribution in [2.45, 2.75) is 51.0 Å². The van der Waals surface area contributed by atoms with Crippen molar-refractivity contribution in [1.82, 2.24) is 4.90 Å². The first-order chi connectivity index (χ1) is 10.2. The highest BCUT2D eigenvalue weighted by molar-refractivity contribution is 5.66. The molecule has 0 atom stereocenters. The topological polar surface area (TPSA) is 40.5 Å². The van der Waals surface area contributed by atoms with Gasteiger partial charge in [-0.1, -0.05) is 24.3 Å². The van der Waals surface area contributed by atoms with E-state index in [2.05, 4.69) is 29.2 Å². The van der Waals surface area contributed by atoms with Gasteiger partial charge in [0.2, 0.25) is 0 Å². The van der Waals surface area contributed by atoms with Crippen molar-refractivity contribution in [2.75, 3.05) is 13.1 Å². The summed E-state index contributed by atoms with van der Waals surface area (Å²) in [6, 6.07) is 9.16. The smallest absolute Gasteiger partial charge is 0.303 e. The number of rotatable bonds is 6. The largest absolute Gasteiger partial charge is 0.481 e. The minimum atomic E-state index is -0.659. The summed E-state index contributed by atoms with van der Waals surface area (Å²) in [4.78, 5) is 13.1. The third kappa shape index (κ3) is 4.31. The van der Waals surface area contributed by atoms with Crippen LogP contribution in [0.25, 0.3) is 0 Å². The highest BCUT2D eigenvalue weighted by Crippen LogP contribution is 2.39. The summed E-state index contributed by atoms with van der Waals surface area (Å²) in [5.74, 6) is 0.784. The predicted molar refractivity (Wildman–Crippen MR) is 83.3 cm³/mol. The van der Waals surface area contributed by atoms with E-state index in [1.54, 1.807) is 0 Å². The first-order valence-electron chi connectivity index (χ1n) is 8.23. The highest BCUT2D eigenvalue weighted by Gasteiger charge is 2.23. The van der Waals surface area contributed by atoms with Gasteiger partial charge in [-0.15, -0.1) is 0 Å². The summed E-state index contributed by atoms with van der Waals surface area (Å²) >= 11 is 0. The van der Waals surface area contributed by atoms with Crippen LogP contribution in [0.3, 0.4) is 0 Å². The predicted octanol–water partition coefficient (Wildman–Crippen LogP) is 3.64. The summed E-state index contributed by atoms with van der Waals surface area (Å²) in [7, 11) is 0. The van der Waals surface area contributed by atoms with Crippen LogP contribution in [0.4, 0.5) is 0 Å². The lowest BCUT2D eigenvalue weighted by Crippen LogP contribution is -2.33. The van der Waals surface area contributed by atoms with Gasteiger partial charge in [-0.2, -0.15) is 0 Å². The molecule has 21 heavy (non-hydrogen) atoms. The van der Waals surface area contributed by atoms with Gasteiger partial charge in [0.1, 0.15) is 0 Å². The summed E-state index contributed by atoms with van der Waals surface area (Å²) < 4.78 is 0. The van der Waals surface area contributed by atoms with Gasteiger partial charge in [-0.05, 0) is 68.2 Å². The Bertz CT molecular complexity index is 470. The molecule has 1 aromatic rings. The van der Waals surface area contributed by atoms with Crippen molar-refractivity contribution in [3.05, 3.63) is 35.4 Å². The van der Waals surface area contributed by atoms with Gasteiger partial charge in [-0.25, -0.2) is 0 Å². The fraction of sp³-hybridized carbons (Fsp3) is 0.611. The van der Waals surface area contributed by atoms with Crippen LogP contribution in [0.2, 0.25) is 0 Å². The van der Waals surface area contributed by atoms with Crippen molar-refractivity contribution in [3.8, 4) is 0 Å². The van der Waals surface area contributed by atoms with E-state index >= 15 is 0 Å². The molecule has 1 aliphatic heterocycles. The van der Waals surface area contributed by atoms with Gasteiger partial charge in [0.05, 0.1) is 0 Å². The number of hydrogen-bond donors (Lipinski definition) is 1. The Hall–Kier alpha value is -1.35. The molecule has 1 aliphatic carbocycles. The Morgan fingerprint density at radius 3 is 2.33 bits per heavy atom. The molecule has 0 bridgehead atoms. The number of benzene rings is 1. The van der Waals surface area contributed by atoms with E-state index in [1.807, 2.05) is 0 Å². The summed E-state index contributed by atoms with van der Waals surface area (Å²) in [5.41, 5.74) is 2.91. The standard InChI is InChI=1S/C18H25NO2/c20-18(21)8-3-14-9-11-19(12-10-14)13-15-1-4-16(5-2-15)17-6-7-17/h1-2,4-5,14,17H,3,6-13H2,(H,20,21). The van der Waals surface area contributed by atoms with E-state index in [0.29, 0.717) is 12.3 Å². The Labute approximate surface area is 127 Å². The molecule has 2 aliphatic rings. The van der Waals surface area contributed by atoms with E-state index in [0.717, 1.165) is 44.8 Å². The van der Waals surface area contributed by atoms with Crippen LogP contribution in [-0.4, -0.2) is 29.1 Å². The van der Waals surface area contributed by atoms with Crippen LogP contribution in [0.15, 0.2) is 24.3 Å². The number of hydrogen-bond acceptors (Lipinski definition) is 2. The van der Waals surface area contributed by atoms with Crippen LogP contribution >= 0.6 is 0 Å². The number of carboxylic acids is 1. The highest BCUT2D eigenvalue weighted by atomic mass is 16.4. The van der Waals surface area contributed by atoms with E-state index in [-0.39, 0.29) is 0 Å². The van der Waals surface area contributed by atoms with Crippen molar-refractivity contribution in [1.29, 1.82) is 0 Å². The molecule has 1 saturated heterocycles. The Morgan fingerprint density at radius 2 is 1.76 bits per heavy atom. The van der Waals surface area contributed by atoms with E-state index in [1.165, 1.54) is 24.0 Å². The first-order valence-corrected chi connectivity index (χ1v) is 8.23. The lowest BCUT2D eigenvalue weighted by Gasteiger charge is -2.31. The Balaban J connectivity index is 1.43. The quantitative estimate of drug-likeness (QED) is 0.868. The van der Waals surface area contributed by atoms with Crippen molar-refractivity contribution in [3.63, 3.8) is 0 Å². The minimum absolute atomic E-state index is 0.327. The molecule has 0 spiro atoms. The normalized spacial score (nSPS) is 20.6. The average molecular weight is 287 g/mol. The third-order valence-corrected chi connectivity index (χ3v) is 4.91. The molecule has 3 rings (SSSR count). The molecule has 3 nitrogen and oxygen atoms in total. The van der Waals surface area contributed by atoms with Crippen LogP contribution < -0.4 is 0 Å². The van der Waals surface area contributed by atoms with Crippen LogP contribution in [-0.2, 0) is 11.3 Å². The van der Waals surface area contributed by atoms with Crippen molar-refractivity contribution >= 4 is 5.97 Å². The summed E-state index contributed by atoms with van der Waals surface area (Å²) in [6.45, 7) is 3.25. The molecular weight excluding hydrogens is 262 g/mol. The van der Waals surface area contributed by atoms with Gasteiger partial charge < -0.3 is 5.11 Å². The zero-order valence-electron chi connectivity index (χ0n) is 12.6. The molecule has 114 valence electrons. The van der Waals surface area contributed by atoms with Gasteiger partial charge in [0, 0.05) is 13.0 Å². The molecule has 0 radical (unpaired) electrons. The van der Waals surface area contributed by atoms with Crippen molar-refractivity contribution < 1.29 is 9.90 Å². The van der Waals surface area contributed by atoms with Gasteiger partial charge >= 0.3 is 5.97 Å². The molecular formula is C18H25NO2. The maximum Gasteiger partial charge on any atom is 0.303 e. The summed E-state index contributed by atoms with van der Waals surface area (Å²) in [6.07, 6.45) is 6.19. The Kier molecular flexibility index (Phi) is 4.59. The van der Waals surface area contributed by atoms with E-state index in [9.17, 15) is 4.79 Å². The van der Waals surface area contributed by atoms with E-state index in [4.69, 9.17) is 5.11 Å². The molecule has 2 fully saturated rings. The second kappa shape index (κ2) is 6.61. The SMILES string of the molecule is O=C(O)CCC1CCN(Cc2ccc(C3CC3)cc2)CC1. The molecule has 1 heterocycles. The molecule has 1 saturated carbocycles. The Morgan fingerprint density at radius 1 is 1.10 bits per heavy atom. The number of nitrogens with zero attached hydrogens (tertiary/aromatic N) is 1. The monoisotopic (exact) mass is 287 g/mol. The molecule has 0 aromatic heterocycles. The minimum Gasteiger partial charge on any atom is -0.481 e. The lowest BCUT2D eigenvalue weighted by atomic mass is 9.92. The maximum absolute atomic E-state index is 10.6. The molecule has 0 amide bonds. The number of likely N-dealkylation sites (tertiary alicyclic amines) is 1. The number of aliphatic carboxylic acids is 1. The van der Waals surface area contributed by atoms with Gasteiger partial charge in [-0.3, -0.25) is 9.69 Å². The maximum atomic E-state index is 10.6. The van der Waals surface area contributed by atoms with Crippen LogP contribution in [0, 0.1) is 5.92 Å². The number of carbonyl (C=O) groups is 1.